The highest BCUT2D eigenvalue weighted by Gasteiger charge is 2.42. The second-order valence-electron chi connectivity index (χ2n) is 9.57. The minimum Gasteiger partial charge on any atom is -0.503 e. The van der Waals surface area contributed by atoms with Gasteiger partial charge in [-0.2, -0.15) is 0 Å². The molecule has 1 unspecified atom stereocenters. The number of hydrogen-bond acceptors (Lipinski definition) is 6. The van der Waals surface area contributed by atoms with Crippen LogP contribution in [0.5, 0.6) is 5.75 Å². The Hall–Kier alpha value is -4.20. The van der Waals surface area contributed by atoms with Crippen molar-refractivity contribution in [1.82, 2.24) is 9.80 Å². The SMILES string of the molecule is O=C(C=Cc1ccccc1)C1=C(O)C(=O)N(CCN2CCOCC2)C1c1ccc(OCc2ccccc2)cc1. The van der Waals surface area contributed by atoms with Crippen molar-refractivity contribution in [2.75, 3.05) is 39.4 Å². The van der Waals surface area contributed by atoms with Crippen LogP contribution in [0.25, 0.3) is 6.08 Å². The molecule has 3 aromatic rings. The minimum absolute atomic E-state index is 0.0899. The number of nitrogens with zero attached hydrogens (tertiary/aromatic N) is 2. The van der Waals surface area contributed by atoms with Crippen LogP contribution in [0.2, 0.25) is 0 Å². The predicted octanol–water partition coefficient (Wildman–Crippen LogP) is 4.58. The summed E-state index contributed by atoms with van der Waals surface area (Å²) in [6.45, 7) is 4.30. The van der Waals surface area contributed by atoms with E-state index in [1.54, 1.807) is 11.0 Å². The second kappa shape index (κ2) is 12.6. The van der Waals surface area contributed by atoms with Crippen LogP contribution in [0.3, 0.4) is 0 Å². The zero-order valence-corrected chi connectivity index (χ0v) is 21.7. The molecule has 1 amide bonds. The molecule has 0 bridgehead atoms. The van der Waals surface area contributed by atoms with Crippen LogP contribution in [0.1, 0.15) is 22.7 Å². The Bertz CT molecular complexity index is 1330. The van der Waals surface area contributed by atoms with E-state index >= 15 is 0 Å². The highest BCUT2D eigenvalue weighted by molar-refractivity contribution is 6.14. The Morgan fingerprint density at radius 2 is 1.59 bits per heavy atom. The van der Waals surface area contributed by atoms with E-state index in [1.165, 1.54) is 6.08 Å². The van der Waals surface area contributed by atoms with E-state index in [0.717, 1.165) is 29.8 Å². The zero-order chi connectivity index (χ0) is 27.0. The van der Waals surface area contributed by atoms with Crippen LogP contribution in [0, 0.1) is 0 Å². The number of morpholine rings is 1. The second-order valence-corrected chi connectivity index (χ2v) is 9.57. The highest BCUT2D eigenvalue weighted by Crippen LogP contribution is 2.38. The lowest BCUT2D eigenvalue weighted by Crippen LogP contribution is -2.43. The first-order valence-electron chi connectivity index (χ1n) is 13.2. The Morgan fingerprint density at radius 3 is 2.28 bits per heavy atom. The van der Waals surface area contributed by atoms with E-state index < -0.39 is 23.5 Å². The van der Waals surface area contributed by atoms with Crippen molar-refractivity contribution < 1.29 is 24.2 Å². The average molecular weight is 525 g/mol. The van der Waals surface area contributed by atoms with E-state index in [0.29, 0.717) is 38.7 Å². The van der Waals surface area contributed by atoms with Gasteiger partial charge in [-0.25, -0.2) is 0 Å². The van der Waals surface area contributed by atoms with Crippen molar-refractivity contribution >= 4 is 17.8 Å². The number of aliphatic hydroxyl groups excluding tert-OH is 1. The molecule has 2 aliphatic rings. The summed E-state index contributed by atoms with van der Waals surface area (Å²) in [6, 6.07) is 26.0. The van der Waals surface area contributed by atoms with Gasteiger partial charge in [-0.05, 0) is 34.9 Å². The quantitative estimate of drug-likeness (QED) is 0.392. The molecule has 1 atom stereocenters. The molecule has 0 saturated carbocycles. The monoisotopic (exact) mass is 524 g/mol. The zero-order valence-electron chi connectivity index (χ0n) is 21.7. The summed E-state index contributed by atoms with van der Waals surface area (Å²) < 4.78 is 11.4. The van der Waals surface area contributed by atoms with Crippen LogP contribution < -0.4 is 4.74 Å². The van der Waals surface area contributed by atoms with E-state index in [1.807, 2.05) is 84.9 Å². The maximum atomic E-state index is 13.4. The molecule has 3 aromatic carbocycles. The van der Waals surface area contributed by atoms with Gasteiger partial charge in [0.15, 0.2) is 11.5 Å². The number of allylic oxidation sites excluding steroid dienone is 1. The molecular weight excluding hydrogens is 492 g/mol. The Morgan fingerprint density at radius 1 is 0.923 bits per heavy atom. The normalized spacial score (nSPS) is 18.2. The number of amides is 1. The Kier molecular flexibility index (Phi) is 8.51. The molecule has 39 heavy (non-hydrogen) atoms. The predicted molar refractivity (Wildman–Crippen MR) is 149 cm³/mol. The van der Waals surface area contributed by atoms with Crippen LogP contribution >= 0.6 is 0 Å². The minimum atomic E-state index is -0.699. The van der Waals surface area contributed by atoms with E-state index in [-0.39, 0.29) is 5.57 Å². The van der Waals surface area contributed by atoms with Crippen LogP contribution in [-0.4, -0.2) is 66.0 Å². The van der Waals surface area contributed by atoms with E-state index in [2.05, 4.69) is 4.90 Å². The molecule has 2 aliphatic heterocycles. The third-order valence-corrected chi connectivity index (χ3v) is 7.00. The van der Waals surface area contributed by atoms with Gasteiger partial charge in [-0.3, -0.25) is 14.5 Å². The molecule has 7 heteroatoms. The molecule has 0 aromatic heterocycles. The average Bonchev–Trinajstić information content (AvgIpc) is 3.24. The maximum absolute atomic E-state index is 13.4. The van der Waals surface area contributed by atoms with Crippen molar-refractivity contribution in [2.45, 2.75) is 12.6 Å². The highest BCUT2D eigenvalue weighted by atomic mass is 16.5. The van der Waals surface area contributed by atoms with Gasteiger partial charge in [-0.1, -0.05) is 78.9 Å². The summed E-state index contributed by atoms with van der Waals surface area (Å²) in [5, 5.41) is 10.9. The summed E-state index contributed by atoms with van der Waals surface area (Å²) in [5.74, 6) is -0.743. The van der Waals surface area contributed by atoms with Crippen LogP contribution in [-0.2, 0) is 20.9 Å². The summed E-state index contributed by atoms with van der Waals surface area (Å²) >= 11 is 0. The van der Waals surface area contributed by atoms with Crippen molar-refractivity contribution in [3.05, 3.63) is 119 Å². The van der Waals surface area contributed by atoms with Gasteiger partial charge >= 0.3 is 0 Å². The first-order valence-corrected chi connectivity index (χ1v) is 13.2. The maximum Gasteiger partial charge on any atom is 0.290 e. The van der Waals surface area contributed by atoms with Crippen molar-refractivity contribution in [3.63, 3.8) is 0 Å². The van der Waals surface area contributed by atoms with Crippen molar-refractivity contribution in [3.8, 4) is 5.75 Å². The molecular formula is C32H32N2O5. The number of aliphatic hydroxyl groups is 1. The molecule has 7 nitrogen and oxygen atoms in total. The molecule has 0 spiro atoms. The fraction of sp³-hybridized carbons (Fsp3) is 0.250. The Labute approximate surface area is 228 Å². The largest absolute Gasteiger partial charge is 0.503 e. The van der Waals surface area contributed by atoms with Gasteiger partial charge < -0.3 is 19.5 Å². The number of carbonyl (C=O) groups excluding carboxylic acids is 2. The van der Waals surface area contributed by atoms with E-state index in [4.69, 9.17) is 9.47 Å². The third-order valence-electron chi connectivity index (χ3n) is 7.00. The van der Waals surface area contributed by atoms with Gasteiger partial charge in [0.25, 0.3) is 5.91 Å². The Balaban J connectivity index is 1.38. The van der Waals surface area contributed by atoms with Gasteiger partial charge in [-0.15, -0.1) is 0 Å². The summed E-state index contributed by atoms with van der Waals surface area (Å²) in [4.78, 5) is 30.5. The fourth-order valence-electron chi connectivity index (χ4n) is 4.87. The summed E-state index contributed by atoms with van der Waals surface area (Å²) in [7, 11) is 0. The summed E-state index contributed by atoms with van der Waals surface area (Å²) in [6.07, 6.45) is 3.12. The standard InChI is InChI=1S/C32H32N2O5/c35-28(16-11-24-7-3-1-4-8-24)29-30(34(32(37)31(29)36)18-17-33-19-21-38-22-20-33)26-12-14-27(15-13-26)39-23-25-9-5-2-6-10-25/h1-16,30,36H,17-23H2. The number of benzene rings is 3. The molecule has 2 heterocycles. The van der Waals surface area contributed by atoms with Gasteiger partial charge in [0, 0.05) is 26.2 Å². The smallest absolute Gasteiger partial charge is 0.290 e. The molecule has 200 valence electrons. The molecule has 1 fully saturated rings. The fourth-order valence-corrected chi connectivity index (χ4v) is 4.87. The van der Waals surface area contributed by atoms with E-state index in [9.17, 15) is 14.7 Å². The number of rotatable bonds is 10. The number of ketones is 1. The van der Waals surface area contributed by atoms with Gasteiger partial charge in [0.2, 0.25) is 0 Å². The van der Waals surface area contributed by atoms with Crippen molar-refractivity contribution in [2.24, 2.45) is 0 Å². The van der Waals surface area contributed by atoms with Crippen LogP contribution in [0.4, 0.5) is 0 Å². The molecule has 5 rings (SSSR count). The number of ether oxygens (including phenoxy) is 2. The molecule has 1 N–H and O–H groups in total. The third kappa shape index (κ3) is 6.45. The first-order chi connectivity index (χ1) is 19.1. The van der Waals surface area contributed by atoms with Crippen LogP contribution in [0.15, 0.2) is 102 Å². The lowest BCUT2D eigenvalue weighted by Gasteiger charge is -2.31. The van der Waals surface area contributed by atoms with Gasteiger partial charge in [0.05, 0.1) is 24.8 Å². The lowest BCUT2D eigenvalue weighted by atomic mass is 9.95. The first kappa shape index (κ1) is 26.4. The number of carbonyl (C=O) groups is 2. The van der Waals surface area contributed by atoms with Gasteiger partial charge in [0.1, 0.15) is 12.4 Å². The lowest BCUT2D eigenvalue weighted by molar-refractivity contribution is -0.129. The molecule has 0 aliphatic carbocycles. The van der Waals surface area contributed by atoms with Crippen molar-refractivity contribution in [1.29, 1.82) is 0 Å². The topological polar surface area (TPSA) is 79.3 Å². The summed E-state index contributed by atoms with van der Waals surface area (Å²) in [5.41, 5.74) is 2.74. The molecule has 0 radical (unpaired) electrons. The number of hydrogen-bond donors (Lipinski definition) is 1. The molecule has 1 saturated heterocycles.